The molecule has 0 saturated carbocycles. The maximum Gasteiger partial charge on any atom is 0.194 e. The van der Waals surface area contributed by atoms with Gasteiger partial charge in [0.1, 0.15) is 0 Å². The molecule has 0 fully saturated rings. The van der Waals surface area contributed by atoms with Crippen LogP contribution in [-0.2, 0) is 13.0 Å². The predicted molar refractivity (Wildman–Crippen MR) is 132 cm³/mol. The van der Waals surface area contributed by atoms with E-state index in [9.17, 15) is 0 Å². The van der Waals surface area contributed by atoms with Crippen LogP contribution in [0.2, 0.25) is 0 Å². The number of thiazole rings is 1. The molecule has 0 saturated heterocycles. The number of ether oxygens (including phenoxy) is 2. The molecule has 0 unspecified atom stereocenters. The molecule has 6 nitrogen and oxygen atoms in total. The average Bonchev–Trinajstić information content (AvgIpc) is 3.09. The number of methoxy groups -OCH3 is 1. The quantitative estimate of drug-likeness (QED) is 0.211. The summed E-state index contributed by atoms with van der Waals surface area (Å²) in [4.78, 5) is 11.4. The SMILES string of the molecule is CCNC(=NCCCc1ccc(OC)c(OCC)c1)N(C)Cc1csc(C)n1.I. The van der Waals surface area contributed by atoms with E-state index in [4.69, 9.17) is 14.5 Å². The molecular weight excluding hydrogens is 499 g/mol. The molecule has 0 aliphatic carbocycles. The van der Waals surface area contributed by atoms with Crippen LogP contribution in [-0.4, -0.2) is 49.7 Å². The van der Waals surface area contributed by atoms with Crippen molar-refractivity contribution >= 4 is 41.3 Å². The zero-order chi connectivity index (χ0) is 20.4. The zero-order valence-corrected chi connectivity index (χ0v) is 21.2. The van der Waals surface area contributed by atoms with Gasteiger partial charge in [-0.25, -0.2) is 4.98 Å². The molecule has 1 heterocycles. The maximum atomic E-state index is 5.66. The third-order valence-electron chi connectivity index (χ3n) is 4.18. The molecular formula is C21H33IN4O2S. The highest BCUT2D eigenvalue weighted by atomic mass is 127. The van der Waals surface area contributed by atoms with Crippen molar-refractivity contribution in [3.8, 4) is 11.5 Å². The largest absolute Gasteiger partial charge is 0.493 e. The molecule has 2 aromatic rings. The van der Waals surface area contributed by atoms with Gasteiger partial charge in [-0.05, 0) is 51.3 Å². The van der Waals surface area contributed by atoms with E-state index in [1.54, 1.807) is 18.4 Å². The Hall–Kier alpha value is -1.55. The molecule has 0 aliphatic heterocycles. The topological polar surface area (TPSA) is 59.0 Å². The highest BCUT2D eigenvalue weighted by Gasteiger charge is 2.09. The van der Waals surface area contributed by atoms with Crippen LogP contribution in [0.4, 0.5) is 0 Å². The molecule has 1 aromatic carbocycles. The Balaban J connectivity index is 0.00000420. The summed E-state index contributed by atoms with van der Waals surface area (Å²) in [5.74, 6) is 2.49. The fourth-order valence-corrected chi connectivity index (χ4v) is 3.49. The molecule has 0 bridgehead atoms. The molecule has 0 amide bonds. The fraction of sp³-hybridized carbons (Fsp3) is 0.524. The fourth-order valence-electron chi connectivity index (χ4n) is 2.88. The van der Waals surface area contributed by atoms with Crippen molar-refractivity contribution in [1.29, 1.82) is 0 Å². The second-order valence-electron chi connectivity index (χ2n) is 6.47. The van der Waals surface area contributed by atoms with Gasteiger partial charge in [0.25, 0.3) is 0 Å². The summed E-state index contributed by atoms with van der Waals surface area (Å²) in [6.45, 7) is 9.08. The molecule has 0 radical (unpaired) electrons. The number of halogens is 1. The number of aryl methyl sites for hydroxylation is 2. The number of rotatable bonds is 10. The van der Waals surface area contributed by atoms with Gasteiger partial charge in [-0.2, -0.15) is 0 Å². The van der Waals surface area contributed by atoms with Crippen LogP contribution in [0, 0.1) is 6.92 Å². The standard InChI is InChI=1S/C21H32N4O2S.HI/c1-6-22-21(25(4)14-18-15-28-16(3)24-18)23-12-8-9-17-10-11-19(26-5)20(13-17)27-7-2;/h10-11,13,15H,6-9,12,14H2,1-5H3,(H,22,23);1H. The van der Waals surface area contributed by atoms with Crippen LogP contribution in [0.5, 0.6) is 11.5 Å². The first-order chi connectivity index (χ1) is 13.6. The number of hydrogen-bond acceptors (Lipinski definition) is 5. The highest BCUT2D eigenvalue weighted by Crippen LogP contribution is 2.28. The molecule has 0 aliphatic rings. The second-order valence-corrected chi connectivity index (χ2v) is 7.53. The molecule has 1 aromatic heterocycles. The third-order valence-corrected chi connectivity index (χ3v) is 5.00. The second kappa shape index (κ2) is 13.6. The molecule has 162 valence electrons. The summed E-state index contributed by atoms with van der Waals surface area (Å²) in [6.07, 6.45) is 1.92. The van der Waals surface area contributed by atoms with Gasteiger partial charge in [0.2, 0.25) is 0 Å². The van der Waals surface area contributed by atoms with E-state index in [0.29, 0.717) is 6.61 Å². The molecule has 2 rings (SSSR count). The lowest BCUT2D eigenvalue weighted by Crippen LogP contribution is -2.38. The van der Waals surface area contributed by atoms with E-state index in [2.05, 4.69) is 39.6 Å². The molecule has 1 N–H and O–H groups in total. The minimum atomic E-state index is 0. The van der Waals surface area contributed by atoms with Gasteiger partial charge in [-0.15, -0.1) is 35.3 Å². The number of nitrogens with one attached hydrogen (secondary N) is 1. The van der Waals surface area contributed by atoms with E-state index in [0.717, 1.165) is 60.6 Å². The summed E-state index contributed by atoms with van der Waals surface area (Å²) < 4.78 is 11.0. The van der Waals surface area contributed by atoms with Crippen molar-refractivity contribution in [3.05, 3.63) is 39.8 Å². The first-order valence-electron chi connectivity index (χ1n) is 9.77. The van der Waals surface area contributed by atoms with Gasteiger partial charge < -0.3 is 19.7 Å². The van der Waals surface area contributed by atoms with Crippen LogP contribution >= 0.6 is 35.3 Å². The van der Waals surface area contributed by atoms with Crippen molar-refractivity contribution in [2.75, 3.05) is 33.9 Å². The van der Waals surface area contributed by atoms with Crippen molar-refractivity contribution in [2.24, 2.45) is 4.99 Å². The molecule has 0 atom stereocenters. The number of nitrogens with zero attached hydrogens (tertiary/aromatic N) is 3. The Morgan fingerprint density at radius 2 is 2.07 bits per heavy atom. The lowest BCUT2D eigenvalue weighted by molar-refractivity contribution is 0.310. The summed E-state index contributed by atoms with van der Waals surface area (Å²) >= 11 is 1.68. The Morgan fingerprint density at radius 3 is 2.69 bits per heavy atom. The summed E-state index contributed by atoms with van der Waals surface area (Å²) in [7, 11) is 3.71. The Kier molecular flexibility index (Phi) is 12.0. The van der Waals surface area contributed by atoms with E-state index in [1.807, 2.05) is 27.0 Å². The third kappa shape index (κ3) is 8.38. The normalized spacial score (nSPS) is 11.0. The minimum absolute atomic E-state index is 0. The van der Waals surface area contributed by atoms with E-state index in [-0.39, 0.29) is 24.0 Å². The van der Waals surface area contributed by atoms with Crippen LogP contribution in [0.3, 0.4) is 0 Å². The van der Waals surface area contributed by atoms with Gasteiger partial charge in [0.05, 0.1) is 31.0 Å². The summed E-state index contributed by atoms with van der Waals surface area (Å²) in [5, 5.41) is 6.56. The lowest BCUT2D eigenvalue weighted by atomic mass is 10.1. The zero-order valence-electron chi connectivity index (χ0n) is 18.0. The number of aromatic nitrogens is 1. The Bertz CT molecular complexity index is 767. The van der Waals surface area contributed by atoms with Crippen molar-refractivity contribution < 1.29 is 9.47 Å². The summed E-state index contributed by atoms with van der Waals surface area (Å²) in [6, 6.07) is 6.12. The Morgan fingerprint density at radius 1 is 1.28 bits per heavy atom. The van der Waals surface area contributed by atoms with Gasteiger partial charge in [0.15, 0.2) is 17.5 Å². The van der Waals surface area contributed by atoms with Crippen LogP contribution < -0.4 is 14.8 Å². The number of aliphatic imine (C=N–C) groups is 1. The predicted octanol–water partition coefficient (Wildman–Crippen LogP) is 4.51. The number of guanidine groups is 1. The maximum absolute atomic E-state index is 5.66. The first-order valence-corrected chi connectivity index (χ1v) is 10.7. The Labute approximate surface area is 195 Å². The van der Waals surface area contributed by atoms with Gasteiger partial charge in [-0.3, -0.25) is 4.99 Å². The lowest BCUT2D eigenvalue weighted by Gasteiger charge is -2.21. The van der Waals surface area contributed by atoms with E-state index < -0.39 is 0 Å². The van der Waals surface area contributed by atoms with Crippen LogP contribution in [0.1, 0.15) is 36.5 Å². The van der Waals surface area contributed by atoms with Gasteiger partial charge in [0, 0.05) is 25.5 Å². The minimum Gasteiger partial charge on any atom is -0.493 e. The summed E-state index contributed by atoms with van der Waals surface area (Å²) in [5.41, 5.74) is 2.31. The first kappa shape index (κ1) is 25.5. The monoisotopic (exact) mass is 532 g/mol. The highest BCUT2D eigenvalue weighted by molar-refractivity contribution is 14.0. The smallest absolute Gasteiger partial charge is 0.194 e. The van der Waals surface area contributed by atoms with E-state index >= 15 is 0 Å². The molecule has 0 spiro atoms. The van der Waals surface area contributed by atoms with Crippen molar-refractivity contribution in [1.82, 2.24) is 15.2 Å². The van der Waals surface area contributed by atoms with Crippen LogP contribution in [0.15, 0.2) is 28.6 Å². The number of benzene rings is 1. The average molecular weight is 532 g/mol. The molecule has 8 heteroatoms. The van der Waals surface area contributed by atoms with E-state index in [1.165, 1.54) is 5.56 Å². The van der Waals surface area contributed by atoms with Crippen molar-refractivity contribution in [2.45, 2.75) is 40.2 Å². The number of hydrogen-bond donors (Lipinski definition) is 1. The molecule has 29 heavy (non-hydrogen) atoms. The van der Waals surface area contributed by atoms with Crippen LogP contribution in [0.25, 0.3) is 0 Å². The van der Waals surface area contributed by atoms with Gasteiger partial charge >= 0.3 is 0 Å². The van der Waals surface area contributed by atoms with Crippen molar-refractivity contribution in [3.63, 3.8) is 0 Å². The van der Waals surface area contributed by atoms with Gasteiger partial charge in [-0.1, -0.05) is 6.07 Å².